The molecule has 156 valence electrons. The molecular formula is C23H18BrN3O3S. The first kappa shape index (κ1) is 21.1. The molecule has 1 N–H and O–H groups in total. The molecule has 1 aliphatic rings. The minimum Gasteiger partial charge on any atom is -0.325 e. The van der Waals surface area contributed by atoms with E-state index in [-0.39, 0.29) is 11.4 Å². The van der Waals surface area contributed by atoms with Crippen molar-refractivity contribution in [2.24, 2.45) is 0 Å². The third kappa shape index (κ3) is 4.81. The maximum absolute atomic E-state index is 12.8. The Morgan fingerprint density at radius 3 is 2.48 bits per heavy atom. The van der Waals surface area contributed by atoms with E-state index in [1.165, 1.54) is 0 Å². The molecule has 2 heterocycles. The van der Waals surface area contributed by atoms with Crippen LogP contribution in [0.5, 0.6) is 0 Å². The monoisotopic (exact) mass is 495 g/mol. The smallest absolute Gasteiger partial charge is 0.294 e. The van der Waals surface area contributed by atoms with Crippen molar-refractivity contribution in [3.8, 4) is 5.69 Å². The summed E-state index contributed by atoms with van der Waals surface area (Å²) < 4.78 is 2.89. The first-order valence-electron chi connectivity index (χ1n) is 9.46. The maximum atomic E-state index is 12.8. The Bertz CT molecular complexity index is 1180. The van der Waals surface area contributed by atoms with Crippen LogP contribution in [0.2, 0.25) is 0 Å². The van der Waals surface area contributed by atoms with Crippen molar-refractivity contribution in [3.63, 3.8) is 0 Å². The summed E-state index contributed by atoms with van der Waals surface area (Å²) in [4.78, 5) is 38.8. The summed E-state index contributed by atoms with van der Waals surface area (Å²) in [6, 6.07) is 18.8. The van der Waals surface area contributed by atoms with Crippen molar-refractivity contribution >= 4 is 56.5 Å². The van der Waals surface area contributed by atoms with Crippen LogP contribution in [0.15, 0.2) is 76.2 Å². The quantitative estimate of drug-likeness (QED) is 0.492. The van der Waals surface area contributed by atoms with Gasteiger partial charge in [0.2, 0.25) is 5.91 Å². The first-order valence-corrected chi connectivity index (χ1v) is 11.1. The van der Waals surface area contributed by atoms with E-state index in [1.807, 2.05) is 66.2 Å². The van der Waals surface area contributed by atoms with Crippen LogP contribution in [0.4, 0.5) is 10.5 Å². The van der Waals surface area contributed by atoms with Crippen LogP contribution >= 0.6 is 27.7 Å². The molecule has 6 nitrogen and oxygen atoms in total. The Morgan fingerprint density at radius 2 is 1.77 bits per heavy atom. The van der Waals surface area contributed by atoms with E-state index in [0.29, 0.717) is 5.69 Å². The molecule has 2 aromatic carbocycles. The van der Waals surface area contributed by atoms with E-state index in [4.69, 9.17) is 0 Å². The van der Waals surface area contributed by atoms with E-state index >= 15 is 0 Å². The van der Waals surface area contributed by atoms with Gasteiger partial charge in [-0.25, -0.2) is 0 Å². The molecule has 3 amide bonds. The van der Waals surface area contributed by atoms with Crippen molar-refractivity contribution in [2.45, 2.75) is 6.92 Å². The highest BCUT2D eigenvalue weighted by Gasteiger charge is 2.36. The molecule has 1 fully saturated rings. The van der Waals surface area contributed by atoms with E-state index in [1.54, 1.807) is 18.2 Å². The van der Waals surface area contributed by atoms with Crippen molar-refractivity contribution in [2.75, 3.05) is 11.9 Å². The van der Waals surface area contributed by atoms with Crippen molar-refractivity contribution in [3.05, 3.63) is 87.5 Å². The zero-order valence-electron chi connectivity index (χ0n) is 16.5. The molecule has 0 atom stereocenters. The Balaban J connectivity index is 1.49. The fourth-order valence-electron chi connectivity index (χ4n) is 3.10. The van der Waals surface area contributed by atoms with Gasteiger partial charge in [-0.05, 0) is 73.3 Å². The standard InChI is InChI=1S/C23H18BrN3O3S/c1-15-4-8-17(9-5-15)25-21(28)14-27-22(29)20(31-23(27)30)13-19-3-2-12-26(19)18-10-6-16(24)7-11-18/h2-13H,14H2,1H3,(H,25,28)/b20-13+. The fourth-order valence-corrected chi connectivity index (χ4v) is 4.19. The molecule has 0 aliphatic carbocycles. The summed E-state index contributed by atoms with van der Waals surface area (Å²) in [5.74, 6) is -0.900. The highest BCUT2D eigenvalue weighted by molar-refractivity contribution is 9.10. The second-order valence-corrected chi connectivity index (χ2v) is 8.87. The molecule has 0 spiro atoms. The number of imide groups is 1. The molecule has 0 radical (unpaired) electrons. The van der Waals surface area contributed by atoms with Gasteiger partial charge >= 0.3 is 0 Å². The van der Waals surface area contributed by atoms with Gasteiger partial charge in [-0.15, -0.1) is 0 Å². The number of halogens is 1. The number of thioether (sulfide) groups is 1. The molecule has 1 saturated heterocycles. The van der Waals surface area contributed by atoms with Crippen LogP contribution in [0, 0.1) is 6.92 Å². The summed E-state index contributed by atoms with van der Waals surface area (Å²) in [5.41, 5.74) is 3.38. The van der Waals surface area contributed by atoms with Crippen LogP contribution in [0.25, 0.3) is 11.8 Å². The second-order valence-electron chi connectivity index (χ2n) is 6.96. The first-order chi connectivity index (χ1) is 14.9. The average molecular weight is 496 g/mol. The Hall–Kier alpha value is -3.10. The molecule has 0 unspecified atom stereocenters. The number of carbonyl (C=O) groups is 3. The van der Waals surface area contributed by atoms with Gasteiger partial charge in [-0.1, -0.05) is 33.6 Å². The van der Waals surface area contributed by atoms with Crippen LogP contribution in [0.3, 0.4) is 0 Å². The highest BCUT2D eigenvalue weighted by atomic mass is 79.9. The summed E-state index contributed by atoms with van der Waals surface area (Å²) >= 11 is 4.25. The Morgan fingerprint density at radius 1 is 1.06 bits per heavy atom. The number of benzene rings is 2. The van der Waals surface area contributed by atoms with E-state index in [9.17, 15) is 14.4 Å². The lowest BCUT2D eigenvalue weighted by atomic mass is 10.2. The molecule has 1 aromatic heterocycles. The van der Waals surface area contributed by atoms with Crippen LogP contribution in [-0.2, 0) is 9.59 Å². The predicted molar refractivity (Wildman–Crippen MR) is 126 cm³/mol. The van der Waals surface area contributed by atoms with Crippen LogP contribution < -0.4 is 5.32 Å². The minimum atomic E-state index is -0.474. The van der Waals surface area contributed by atoms with Crippen molar-refractivity contribution in [1.82, 2.24) is 9.47 Å². The molecule has 3 aromatic rings. The average Bonchev–Trinajstić information content (AvgIpc) is 3.30. The Kier molecular flexibility index (Phi) is 6.11. The predicted octanol–water partition coefficient (Wildman–Crippen LogP) is 5.22. The second kappa shape index (κ2) is 8.95. The van der Waals surface area contributed by atoms with E-state index in [2.05, 4.69) is 21.2 Å². The zero-order chi connectivity index (χ0) is 22.0. The van der Waals surface area contributed by atoms with E-state index < -0.39 is 17.1 Å². The zero-order valence-corrected chi connectivity index (χ0v) is 18.9. The molecular weight excluding hydrogens is 478 g/mol. The van der Waals surface area contributed by atoms with Gasteiger partial charge in [0.1, 0.15) is 6.54 Å². The molecule has 4 rings (SSSR count). The van der Waals surface area contributed by atoms with Crippen molar-refractivity contribution < 1.29 is 14.4 Å². The molecule has 0 bridgehead atoms. The number of anilines is 1. The molecule has 0 saturated carbocycles. The van der Waals surface area contributed by atoms with E-state index in [0.717, 1.165) is 38.1 Å². The number of aromatic nitrogens is 1. The number of nitrogens with one attached hydrogen (secondary N) is 1. The van der Waals surface area contributed by atoms with Gasteiger partial charge in [0.05, 0.1) is 4.91 Å². The lowest BCUT2D eigenvalue weighted by Crippen LogP contribution is -2.36. The summed E-state index contributed by atoms with van der Waals surface area (Å²) in [6.07, 6.45) is 3.55. The van der Waals surface area contributed by atoms with Gasteiger partial charge in [0.15, 0.2) is 0 Å². The minimum absolute atomic E-state index is 0.283. The van der Waals surface area contributed by atoms with Gasteiger partial charge in [-0.2, -0.15) is 0 Å². The molecule has 1 aliphatic heterocycles. The lowest BCUT2D eigenvalue weighted by Gasteiger charge is -2.12. The number of amides is 3. The number of hydrogen-bond acceptors (Lipinski definition) is 4. The number of hydrogen-bond donors (Lipinski definition) is 1. The summed E-state index contributed by atoms with van der Waals surface area (Å²) in [6.45, 7) is 1.62. The largest absolute Gasteiger partial charge is 0.325 e. The lowest BCUT2D eigenvalue weighted by molar-refractivity contribution is -0.127. The number of nitrogens with zero attached hydrogens (tertiary/aromatic N) is 2. The fraction of sp³-hybridized carbons (Fsp3) is 0.0870. The van der Waals surface area contributed by atoms with Crippen LogP contribution in [-0.4, -0.2) is 33.1 Å². The van der Waals surface area contributed by atoms with Crippen molar-refractivity contribution in [1.29, 1.82) is 0 Å². The Labute approximate surface area is 192 Å². The van der Waals surface area contributed by atoms with Gasteiger partial charge in [0.25, 0.3) is 11.1 Å². The van der Waals surface area contributed by atoms with Gasteiger partial charge < -0.3 is 9.88 Å². The SMILES string of the molecule is Cc1ccc(NC(=O)CN2C(=O)S/C(=C/c3cccn3-c3ccc(Br)cc3)C2=O)cc1. The normalized spacial score (nSPS) is 15.0. The van der Waals surface area contributed by atoms with Gasteiger partial charge in [0, 0.05) is 27.7 Å². The third-order valence-corrected chi connectivity index (χ3v) is 6.11. The van der Waals surface area contributed by atoms with Crippen LogP contribution in [0.1, 0.15) is 11.3 Å². The maximum Gasteiger partial charge on any atom is 0.294 e. The van der Waals surface area contributed by atoms with Gasteiger partial charge in [-0.3, -0.25) is 19.3 Å². The molecule has 8 heteroatoms. The third-order valence-electron chi connectivity index (χ3n) is 4.67. The number of aryl methyl sites for hydroxylation is 1. The highest BCUT2D eigenvalue weighted by Crippen LogP contribution is 2.32. The summed E-state index contributed by atoms with van der Waals surface area (Å²) in [7, 11) is 0. The number of rotatable bonds is 5. The summed E-state index contributed by atoms with van der Waals surface area (Å²) in [5, 5.41) is 2.25. The topological polar surface area (TPSA) is 71.4 Å². The molecule has 31 heavy (non-hydrogen) atoms. The number of carbonyl (C=O) groups excluding carboxylic acids is 3.